The van der Waals surface area contributed by atoms with Gasteiger partial charge in [-0.3, -0.25) is 9.59 Å². The summed E-state index contributed by atoms with van der Waals surface area (Å²) in [5, 5.41) is 6.45. The molecule has 1 aromatic rings. The van der Waals surface area contributed by atoms with Crippen LogP contribution in [-0.2, 0) is 22.7 Å². The Hall–Kier alpha value is -1.88. The minimum Gasteiger partial charge on any atom is -0.352 e. The van der Waals surface area contributed by atoms with Gasteiger partial charge in [0, 0.05) is 38.0 Å². The molecule has 2 aliphatic heterocycles. The van der Waals surface area contributed by atoms with E-state index < -0.39 is 0 Å². The number of carbonyl (C=O) groups is 2. The first kappa shape index (κ1) is 17.0. The molecule has 5 heteroatoms. The lowest BCUT2D eigenvalue weighted by Gasteiger charge is -2.27. The molecule has 2 atom stereocenters. The fraction of sp³-hybridized carbons (Fsp3) is 0.579. The Morgan fingerprint density at radius 1 is 1.38 bits per heavy atom. The monoisotopic (exact) mass is 329 g/mol. The van der Waals surface area contributed by atoms with Crippen molar-refractivity contribution in [2.24, 2.45) is 5.92 Å². The maximum atomic E-state index is 12.3. The van der Waals surface area contributed by atoms with Gasteiger partial charge in [0.2, 0.25) is 11.8 Å². The largest absolute Gasteiger partial charge is 0.352 e. The highest BCUT2D eigenvalue weighted by Crippen LogP contribution is 2.17. The fourth-order valence-electron chi connectivity index (χ4n) is 3.63. The number of likely N-dealkylation sites (tertiary alicyclic amines) is 1. The fourth-order valence-corrected chi connectivity index (χ4v) is 3.63. The molecule has 2 saturated heterocycles. The molecule has 0 unspecified atom stereocenters. The van der Waals surface area contributed by atoms with E-state index in [0.29, 0.717) is 25.6 Å². The van der Waals surface area contributed by atoms with Crippen molar-refractivity contribution >= 4 is 11.8 Å². The van der Waals surface area contributed by atoms with Gasteiger partial charge in [0.25, 0.3) is 0 Å². The highest BCUT2D eigenvalue weighted by Gasteiger charge is 2.24. The van der Waals surface area contributed by atoms with Gasteiger partial charge in [-0.1, -0.05) is 24.3 Å². The lowest BCUT2D eigenvalue weighted by Crippen LogP contribution is -2.42. The van der Waals surface area contributed by atoms with E-state index in [1.54, 1.807) is 0 Å². The van der Waals surface area contributed by atoms with Crippen LogP contribution in [0.3, 0.4) is 0 Å². The lowest BCUT2D eigenvalue weighted by atomic mass is 9.92. The number of hydrogen-bond donors (Lipinski definition) is 2. The number of hydrogen-bond acceptors (Lipinski definition) is 3. The standard InChI is InChI=1S/C19H27N3O2/c1-14-10-17(7-8-20-14)19(24)21-12-15-4-2-5-16(11-15)13-22-9-3-6-18(22)23/h2,4-5,11,14,17,20H,3,6-10,12-13H2,1H3,(H,21,24)/t14-,17-/m0/s1. The summed E-state index contributed by atoms with van der Waals surface area (Å²) in [4.78, 5) is 26.0. The van der Waals surface area contributed by atoms with Gasteiger partial charge in [0.05, 0.1) is 0 Å². The molecule has 2 heterocycles. The first-order valence-electron chi connectivity index (χ1n) is 8.98. The highest BCUT2D eigenvalue weighted by molar-refractivity contribution is 5.79. The van der Waals surface area contributed by atoms with Gasteiger partial charge in [-0.05, 0) is 43.9 Å². The van der Waals surface area contributed by atoms with E-state index in [0.717, 1.165) is 43.5 Å². The first-order chi connectivity index (χ1) is 11.6. The summed E-state index contributed by atoms with van der Waals surface area (Å²) in [6.07, 6.45) is 3.45. The lowest BCUT2D eigenvalue weighted by molar-refractivity contribution is -0.128. The van der Waals surface area contributed by atoms with Gasteiger partial charge >= 0.3 is 0 Å². The van der Waals surface area contributed by atoms with E-state index in [2.05, 4.69) is 23.6 Å². The number of benzene rings is 1. The second kappa shape index (κ2) is 7.79. The van der Waals surface area contributed by atoms with E-state index in [1.807, 2.05) is 23.1 Å². The number of amides is 2. The summed E-state index contributed by atoms with van der Waals surface area (Å²) in [7, 11) is 0. The number of nitrogens with one attached hydrogen (secondary N) is 2. The topological polar surface area (TPSA) is 61.4 Å². The Balaban J connectivity index is 1.52. The van der Waals surface area contributed by atoms with Crippen LogP contribution in [0.2, 0.25) is 0 Å². The maximum absolute atomic E-state index is 12.3. The van der Waals surface area contributed by atoms with E-state index in [9.17, 15) is 9.59 Å². The Morgan fingerprint density at radius 2 is 2.21 bits per heavy atom. The van der Waals surface area contributed by atoms with Crippen LogP contribution in [-0.4, -0.2) is 35.8 Å². The van der Waals surface area contributed by atoms with Crippen LogP contribution in [0, 0.1) is 5.92 Å². The Labute approximate surface area is 143 Å². The van der Waals surface area contributed by atoms with E-state index in [4.69, 9.17) is 0 Å². The molecule has 130 valence electrons. The molecule has 2 fully saturated rings. The van der Waals surface area contributed by atoms with Gasteiger partial charge in [-0.15, -0.1) is 0 Å². The van der Waals surface area contributed by atoms with Gasteiger partial charge < -0.3 is 15.5 Å². The predicted octanol–water partition coefficient (Wildman–Crippen LogP) is 1.81. The zero-order valence-electron chi connectivity index (χ0n) is 14.4. The summed E-state index contributed by atoms with van der Waals surface area (Å²) >= 11 is 0. The average Bonchev–Trinajstić information content (AvgIpc) is 2.98. The van der Waals surface area contributed by atoms with Gasteiger partial charge in [-0.2, -0.15) is 0 Å². The van der Waals surface area contributed by atoms with E-state index >= 15 is 0 Å². The highest BCUT2D eigenvalue weighted by atomic mass is 16.2. The van der Waals surface area contributed by atoms with E-state index in [-0.39, 0.29) is 17.7 Å². The molecule has 2 aliphatic rings. The van der Waals surface area contributed by atoms with Crippen molar-refractivity contribution in [3.8, 4) is 0 Å². The third-order valence-corrected chi connectivity index (χ3v) is 5.00. The molecule has 2 amide bonds. The third kappa shape index (κ3) is 4.35. The maximum Gasteiger partial charge on any atom is 0.223 e. The van der Waals surface area contributed by atoms with Crippen molar-refractivity contribution in [2.75, 3.05) is 13.1 Å². The average molecular weight is 329 g/mol. The Morgan fingerprint density at radius 3 is 2.96 bits per heavy atom. The van der Waals surface area contributed by atoms with Crippen LogP contribution in [0.4, 0.5) is 0 Å². The third-order valence-electron chi connectivity index (χ3n) is 5.00. The first-order valence-corrected chi connectivity index (χ1v) is 8.98. The van der Waals surface area contributed by atoms with Crippen LogP contribution in [0.25, 0.3) is 0 Å². The van der Waals surface area contributed by atoms with Crippen LogP contribution < -0.4 is 10.6 Å². The van der Waals surface area contributed by atoms with Crippen molar-refractivity contribution in [1.82, 2.24) is 15.5 Å². The van der Waals surface area contributed by atoms with Crippen molar-refractivity contribution in [2.45, 2.75) is 51.7 Å². The minimum absolute atomic E-state index is 0.117. The molecule has 2 N–H and O–H groups in total. The zero-order valence-corrected chi connectivity index (χ0v) is 14.4. The molecule has 1 aromatic carbocycles. The van der Waals surface area contributed by atoms with Crippen molar-refractivity contribution < 1.29 is 9.59 Å². The van der Waals surface area contributed by atoms with Crippen LogP contribution in [0.15, 0.2) is 24.3 Å². The second-order valence-electron chi connectivity index (χ2n) is 7.03. The molecule has 0 spiro atoms. The number of rotatable bonds is 5. The van der Waals surface area contributed by atoms with Gasteiger partial charge in [0.1, 0.15) is 0 Å². The number of carbonyl (C=O) groups excluding carboxylic acids is 2. The van der Waals surface area contributed by atoms with E-state index in [1.165, 1.54) is 0 Å². The quantitative estimate of drug-likeness (QED) is 0.866. The molecule has 0 radical (unpaired) electrons. The van der Waals surface area contributed by atoms with Crippen LogP contribution in [0.5, 0.6) is 0 Å². The molecular weight excluding hydrogens is 302 g/mol. The molecule has 0 aliphatic carbocycles. The van der Waals surface area contributed by atoms with Crippen molar-refractivity contribution in [3.63, 3.8) is 0 Å². The van der Waals surface area contributed by atoms with Gasteiger partial charge in [-0.25, -0.2) is 0 Å². The molecule has 3 rings (SSSR count). The molecule has 5 nitrogen and oxygen atoms in total. The Kier molecular flexibility index (Phi) is 5.51. The summed E-state index contributed by atoms with van der Waals surface area (Å²) in [6, 6.07) is 8.59. The predicted molar refractivity (Wildman–Crippen MR) is 93.1 cm³/mol. The number of nitrogens with zero attached hydrogens (tertiary/aromatic N) is 1. The summed E-state index contributed by atoms with van der Waals surface area (Å²) in [6.45, 7) is 5.13. The zero-order chi connectivity index (χ0) is 16.9. The van der Waals surface area contributed by atoms with Gasteiger partial charge in [0.15, 0.2) is 0 Å². The minimum atomic E-state index is 0.117. The molecular formula is C19H27N3O2. The molecule has 0 aromatic heterocycles. The summed E-state index contributed by atoms with van der Waals surface area (Å²) in [5.74, 6) is 0.517. The van der Waals surface area contributed by atoms with Crippen LogP contribution in [0.1, 0.15) is 43.7 Å². The van der Waals surface area contributed by atoms with Crippen molar-refractivity contribution in [1.29, 1.82) is 0 Å². The molecule has 0 bridgehead atoms. The van der Waals surface area contributed by atoms with Crippen molar-refractivity contribution in [3.05, 3.63) is 35.4 Å². The van der Waals surface area contributed by atoms with Crippen LogP contribution >= 0.6 is 0 Å². The number of piperidine rings is 1. The summed E-state index contributed by atoms with van der Waals surface area (Å²) < 4.78 is 0. The second-order valence-corrected chi connectivity index (χ2v) is 7.03. The Bertz CT molecular complexity index is 602. The molecule has 24 heavy (non-hydrogen) atoms. The smallest absolute Gasteiger partial charge is 0.223 e. The molecule has 0 saturated carbocycles. The normalized spacial score (nSPS) is 24.2. The summed E-state index contributed by atoms with van der Waals surface area (Å²) in [5.41, 5.74) is 2.22. The SMILES string of the molecule is C[C@H]1C[C@@H](C(=O)NCc2cccc(CN3CCCC3=O)c2)CCN1.